The van der Waals surface area contributed by atoms with Crippen molar-refractivity contribution in [2.24, 2.45) is 39.9 Å². The third kappa shape index (κ3) is 23.3. The van der Waals surface area contributed by atoms with Crippen LogP contribution in [0.4, 0.5) is 0 Å². The molecule has 0 radical (unpaired) electrons. The Morgan fingerprint density at radius 3 is 1.54 bits per heavy atom. The Balaban J connectivity index is 1.86. The summed E-state index contributed by atoms with van der Waals surface area (Å²) in [5.74, 6) is -9.45. The Hall–Kier alpha value is -7.33. The molecule has 1 aliphatic rings. The van der Waals surface area contributed by atoms with E-state index in [9.17, 15) is 63.3 Å². The van der Waals surface area contributed by atoms with Crippen molar-refractivity contribution in [1.82, 2.24) is 47.4 Å². The van der Waals surface area contributed by atoms with Crippen LogP contribution in [-0.2, 0) is 60.8 Å². The highest BCUT2D eigenvalue weighted by Gasteiger charge is 2.38. The van der Waals surface area contributed by atoms with Gasteiger partial charge < -0.3 is 80.0 Å². The molecular formula is C54H83N13O13S2. The van der Waals surface area contributed by atoms with Crippen LogP contribution < -0.4 is 59.7 Å². The highest BCUT2D eigenvalue weighted by molar-refractivity contribution is 7.80. The van der Waals surface area contributed by atoms with Gasteiger partial charge >= 0.3 is 5.97 Å². The Labute approximate surface area is 488 Å². The van der Waals surface area contributed by atoms with E-state index < -0.39 is 126 Å². The molecule has 9 amide bonds. The molecule has 2 aromatic rings. The number of phenols is 2. The molecule has 0 saturated carbocycles. The molecule has 0 spiro atoms. The number of rotatable bonds is 33. The summed E-state index contributed by atoms with van der Waals surface area (Å²) >= 11 is 8.08. The monoisotopic (exact) mass is 1190 g/mol. The summed E-state index contributed by atoms with van der Waals surface area (Å²) < 4.78 is 0. The lowest BCUT2D eigenvalue weighted by atomic mass is 9.99. The summed E-state index contributed by atoms with van der Waals surface area (Å²) in [6.45, 7) is 10.1. The predicted octanol–water partition coefficient (Wildman–Crippen LogP) is -1.54. The molecule has 0 unspecified atom stereocenters. The van der Waals surface area contributed by atoms with E-state index in [2.05, 4.69) is 72.8 Å². The van der Waals surface area contributed by atoms with Crippen molar-refractivity contribution in [2.45, 2.75) is 147 Å². The number of benzene rings is 2. The predicted molar refractivity (Wildman–Crippen MR) is 312 cm³/mol. The summed E-state index contributed by atoms with van der Waals surface area (Å²) in [5, 5.41) is 50.5. The third-order valence-electron chi connectivity index (χ3n) is 13.1. The van der Waals surface area contributed by atoms with Crippen LogP contribution in [0.15, 0.2) is 53.5 Å². The van der Waals surface area contributed by atoms with E-state index in [1.807, 2.05) is 13.8 Å². The number of phenolic OH excluding ortho intramolecular Hbond substituents is 2. The van der Waals surface area contributed by atoms with Gasteiger partial charge in [0.15, 0.2) is 5.96 Å². The number of hydrogen-bond donors (Lipinski definition) is 16. The van der Waals surface area contributed by atoms with Gasteiger partial charge in [-0.25, -0.2) is 4.79 Å². The number of hydrogen-bond acceptors (Lipinski definition) is 16. The van der Waals surface area contributed by atoms with Crippen molar-refractivity contribution in [3.05, 3.63) is 59.7 Å². The number of carboxylic acid groups (broad SMARTS) is 1. The number of carbonyl (C=O) groups is 10. The minimum absolute atomic E-state index is 0.0204. The number of nitrogens with one attached hydrogen (secondary N) is 8. The Kier molecular flexibility index (Phi) is 28.7. The first-order chi connectivity index (χ1) is 38.6. The van der Waals surface area contributed by atoms with E-state index in [1.165, 1.54) is 53.4 Å². The molecule has 3 rings (SSSR count). The number of aliphatic carboxylic acids is 1. The van der Waals surface area contributed by atoms with Crippen LogP contribution in [0.1, 0.15) is 91.2 Å². The van der Waals surface area contributed by atoms with Crippen molar-refractivity contribution >= 4 is 90.4 Å². The average molecular weight is 1190 g/mol. The standard InChI is InChI=1S/C54H83N13O13S2/c1-28(2)21-37(48(74)61-38(22-29(3)4)49(75)65-41(27-82)53(79)80)62-50(76)40(24-32-13-17-34(69)18-14-32)63-51(77)42-10-8-20-67(42)43(70)25-59-46(72)39(23-31-11-15-33(68)16-12-31)64-52(78)44(30(5)6)66-47(73)36(9-7-19-58-54(56)57)60-45(71)35(55)26-81/h11-18,28-30,35-42,44,68-69,81-82H,7-10,19-27,55H2,1-6H3,(H,59,72)(H,60,71)(H,61,74)(H,62,76)(H,63,77)(H,64,78)(H,65,75)(H,66,73)(H,79,80)(H4,56,57,58)/t35-,36-,37-,38-,39-,40-,41-,42-,44-/m0/s1. The molecule has 1 heterocycles. The van der Waals surface area contributed by atoms with E-state index in [1.54, 1.807) is 27.7 Å². The van der Waals surface area contributed by atoms with Crippen molar-refractivity contribution in [1.29, 1.82) is 0 Å². The van der Waals surface area contributed by atoms with E-state index in [0.29, 0.717) is 17.5 Å². The molecule has 26 nitrogen and oxygen atoms in total. The Morgan fingerprint density at radius 1 is 0.610 bits per heavy atom. The summed E-state index contributed by atoms with van der Waals surface area (Å²) in [5.41, 5.74) is 17.7. The van der Waals surface area contributed by atoms with Gasteiger partial charge in [0, 0.05) is 37.4 Å². The maximum absolute atomic E-state index is 14.4. The van der Waals surface area contributed by atoms with Gasteiger partial charge in [-0.05, 0) is 91.7 Å². The summed E-state index contributed by atoms with van der Waals surface area (Å²) in [4.78, 5) is 142. The fraction of sp³-hybridized carbons (Fsp3) is 0.574. The lowest BCUT2D eigenvalue weighted by Gasteiger charge is -2.29. The number of aromatic hydroxyl groups is 2. The zero-order valence-corrected chi connectivity index (χ0v) is 49.0. The molecule has 0 aromatic heterocycles. The number of aliphatic imine (C=N–C) groups is 1. The molecule has 0 aliphatic carbocycles. The second-order valence-corrected chi connectivity index (χ2v) is 22.0. The van der Waals surface area contributed by atoms with Gasteiger partial charge in [-0.2, -0.15) is 25.3 Å². The number of likely N-dealkylation sites (tertiary alicyclic amines) is 1. The molecule has 454 valence electrons. The minimum atomic E-state index is -1.37. The molecule has 9 atom stereocenters. The van der Waals surface area contributed by atoms with Gasteiger partial charge in [-0.3, -0.25) is 48.1 Å². The first-order valence-corrected chi connectivity index (χ1v) is 28.4. The van der Waals surface area contributed by atoms with Crippen LogP contribution in [0.2, 0.25) is 0 Å². The fourth-order valence-electron chi connectivity index (χ4n) is 8.74. The second kappa shape index (κ2) is 34.2. The first kappa shape index (κ1) is 68.9. The van der Waals surface area contributed by atoms with Crippen LogP contribution in [0.25, 0.3) is 0 Å². The smallest absolute Gasteiger partial charge is 0.327 e. The van der Waals surface area contributed by atoms with E-state index in [0.717, 1.165) is 0 Å². The maximum atomic E-state index is 14.4. The summed E-state index contributed by atoms with van der Waals surface area (Å²) in [7, 11) is 0. The molecule has 1 saturated heterocycles. The number of nitrogens with two attached hydrogens (primary N) is 3. The molecule has 0 bridgehead atoms. The van der Waals surface area contributed by atoms with Gasteiger partial charge in [0.25, 0.3) is 0 Å². The van der Waals surface area contributed by atoms with E-state index in [4.69, 9.17) is 17.2 Å². The zero-order valence-electron chi connectivity index (χ0n) is 47.2. The second-order valence-electron chi connectivity index (χ2n) is 21.3. The van der Waals surface area contributed by atoms with Crippen LogP contribution in [-0.4, -0.2) is 171 Å². The zero-order chi connectivity index (χ0) is 61.4. The van der Waals surface area contributed by atoms with Gasteiger partial charge in [0.1, 0.15) is 59.8 Å². The van der Waals surface area contributed by atoms with Crippen molar-refractivity contribution in [3.8, 4) is 11.5 Å². The first-order valence-electron chi connectivity index (χ1n) is 27.1. The number of amides is 9. The van der Waals surface area contributed by atoms with Crippen LogP contribution in [0.3, 0.4) is 0 Å². The highest BCUT2D eigenvalue weighted by Crippen LogP contribution is 2.20. The van der Waals surface area contributed by atoms with E-state index in [-0.39, 0.29) is 98.8 Å². The number of thiol groups is 2. The summed E-state index contributed by atoms with van der Waals surface area (Å²) in [6.07, 6.45) is 0.759. The van der Waals surface area contributed by atoms with Crippen LogP contribution in [0.5, 0.6) is 11.5 Å². The number of nitrogens with zero attached hydrogens (tertiary/aromatic N) is 2. The lowest BCUT2D eigenvalue weighted by Crippen LogP contribution is -2.60. The van der Waals surface area contributed by atoms with Crippen LogP contribution >= 0.6 is 25.3 Å². The largest absolute Gasteiger partial charge is 0.508 e. The van der Waals surface area contributed by atoms with Gasteiger partial charge in [-0.15, -0.1) is 0 Å². The SMILES string of the molecule is CC(C)C[C@H](NC(=O)[C@H](CC(C)C)NC(=O)[C@H](Cc1ccc(O)cc1)NC(=O)[C@@H]1CCCN1C(=O)CNC(=O)[C@H](Cc1ccc(O)cc1)NC(=O)[C@@H](NC(=O)[C@H](CCCN=C(N)N)NC(=O)[C@@H](N)CS)C(C)C)C(=O)N[C@@H](CS)C(=O)O. The van der Waals surface area contributed by atoms with Gasteiger partial charge in [0.2, 0.25) is 53.2 Å². The number of guanidine groups is 1. The molecular weight excluding hydrogens is 1100 g/mol. The normalized spacial score (nSPS) is 16.0. The van der Waals surface area contributed by atoms with Gasteiger partial charge in [0.05, 0.1) is 12.6 Å². The Bertz CT molecular complexity index is 2540. The molecule has 2 aromatic carbocycles. The average Bonchev–Trinajstić information content (AvgIpc) is 3.97. The molecule has 28 heteroatoms. The molecule has 82 heavy (non-hydrogen) atoms. The topological polar surface area (TPSA) is 421 Å². The van der Waals surface area contributed by atoms with Crippen molar-refractivity contribution in [3.63, 3.8) is 0 Å². The van der Waals surface area contributed by atoms with Crippen molar-refractivity contribution < 1.29 is 63.3 Å². The molecule has 1 fully saturated rings. The lowest BCUT2D eigenvalue weighted by molar-refractivity contribution is -0.141. The van der Waals surface area contributed by atoms with E-state index >= 15 is 0 Å². The quantitative estimate of drug-likeness (QED) is 0.0167. The van der Waals surface area contributed by atoms with Crippen molar-refractivity contribution in [2.75, 3.05) is 31.1 Å². The number of carboxylic acids is 1. The third-order valence-corrected chi connectivity index (χ3v) is 13.9. The molecule has 1 aliphatic heterocycles. The fourth-order valence-corrected chi connectivity index (χ4v) is 9.15. The number of carbonyl (C=O) groups excluding carboxylic acids is 9. The van der Waals surface area contributed by atoms with Gasteiger partial charge in [-0.1, -0.05) is 65.8 Å². The maximum Gasteiger partial charge on any atom is 0.327 e. The van der Waals surface area contributed by atoms with Crippen LogP contribution in [0, 0.1) is 17.8 Å². The molecule has 17 N–H and O–H groups in total. The highest BCUT2D eigenvalue weighted by atomic mass is 32.1. The Morgan fingerprint density at radius 2 is 1.07 bits per heavy atom. The minimum Gasteiger partial charge on any atom is -0.508 e. The summed E-state index contributed by atoms with van der Waals surface area (Å²) in [6, 6.07) is 0.544.